The van der Waals surface area contributed by atoms with Gasteiger partial charge in [0.25, 0.3) is 0 Å². The summed E-state index contributed by atoms with van der Waals surface area (Å²) in [6.07, 6.45) is -5.44. The lowest BCUT2D eigenvalue weighted by atomic mass is 10.1. The third-order valence-electron chi connectivity index (χ3n) is 3.32. The van der Waals surface area contributed by atoms with Gasteiger partial charge in [-0.1, -0.05) is 0 Å². The number of hydrogen-bond donors (Lipinski definition) is 6. The predicted octanol–water partition coefficient (Wildman–Crippen LogP) is -5.83. The maximum atomic E-state index is 10.4. The normalized spacial score (nSPS) is 34.1. The van der Waals surface area contributed by atoms with Crippen molar-refractivity contribution in [3.63, 3.8) is 0 Å². The number of hydrogen-bond acceptors (Lipinski definition) is 9. The van der Waals surface area contributed by atoms with Crippen molar-refractivity contribution in [2.45, 2.75) is 30.5 Å². The molecular formula is C9H19NO9S. The molecule has 6 atom stereocenters. The van der Waals surface area contributed by atoms with Gasteiger partial charge in [-0.2, -0.15) is 0 Å². The molecule has 6 N–H and O–H groups in total. The first-order valence-electron chi connectivity index (χ1n) is 5.94. The van der Waals surface area contributed by atoms with E-state index >= 15 is 0 Å². The molecule has 2 unspecified atom stereocenters. The van der Waals surface area contributed by atoms with Gasteiger partial charge in [0.05, 0.1) is 13.2 Å². The van der Waals surface area contributed by atoms with Gasteiger partial charge in [-0.25, -0.2) is 8.42 Å². The quantitative estimate of drug-likeness (QED) is 0.197. The zero-order chi connectivity index (χ0) is 15.5. The van der Waals surface area contributed by atoms with Crippen molar-refractivity contribution in [1.82, 2.24) is 0 Å². The summed E-state index contributed by atoms with van der Waals surface area (Å²) < 4.78 is 35.3. The largest absolute Gasteiger partial charge is 0.726 e. The molecular weight excluding hydrogens is 298 g/mol. The smallest absolute Gasteiger partial charge is 0.218 e. The van der Waals surface area contributed by atoms with E-state index < -0.39 is 54.1 Å². The fourth-order valence-electron chi connectivity index (χ4n) is 2.29. The number of aliphatic hydroxyl groups excluding tert-OH is 5. The lowest BCUT2D eigenvalue weighted by Crippen LogP contribution is -3.16. The minimum absolute atomic E-state index is 0.0196. The second-order valence-corrected chi connectivity index (χ2v) is 5.72. The highest BCUT2D eigenvalue weighted by atomic mass is 32.3. The first-order valence-corrected chi connectivity index (χ1v) is 7.27. The molecule has 1 aliphatic heterocycles. The van der Waals surface area contributed by atoms with Crippen LogP contribution in [0.15, 0.2) is 0 Å². The topological polar surface area (TPSA) is 172 Å². The zero-order valence-corrected chi connectivity index (χ0v) is 11.3. The summed E-state index contributed by atoms with van der Waals surface area (Å²) in [6, 6.07) is -0.761. The van der Waals surface area contributed by atoms with E-state index in [1.807, 2.05) is 0 Å². The van der Waals surface area contributed by atoms with Crippen molar-refractivity contribution < 1.29 is 47.6 Å². The highest BCUT2D eigenvalue weighted by Gasteiger charge is 2.44. The van der Waals surface area contributed by atoms with E-state index in [-0.39, 0.29) is 13.1 Å². The van der Waals surface area contributed by atoms with E-state index in [0.29, 0.717) is 4.90 Å². The first-order chi connectivity index (χ1) is 9.19. The molecule has 0 spiro atoms. The average molecular weight is 317 g/mol. The molecule has 0 aromatic rings. The van der Waals surface area contributed by atoms with Crippen LogP contribution in [0, 0.1) is 0 Å². The summed E-state index contributed by atoms with van der Waals surface area (Å²) in [4.78, 5) is 0.408. The molecule has 0 bridgehead atoms. The molecule has 1 heterocycles. The van der Waals surface area contributed by atoms with Crippen molar-refractivity contribution in [2.75, 3.05) is 26.3 Å². The van der Waals surface area contributed by atoms with Gasteiger partial charge < -0.3 is 35.0 Å². The van der Waals surface area contributed by atoms with Gasteiger partial charge in [0, 0.05) is 0 Å². The van der Waals surface area contributed by atoms with Crippen LogP contribution in [0.5, 0.6) is 0 Å². The van der Waals surface area contributed by atoms with Crippen LogP contribution in [0.3, 0.4) is 0 Å². The van der Waals surface area contributed by atoms with Gasteiger partial charge in [0.15, 0.2) is 0 Å². The Kier molecular flexibility index (Phi) is 6.25. The van der Waals surface area contributed by atoms with Crippen LogP contribution in [-0.2, 0) is 14.6 Å². The number of nitrogens with one attached hydrogen (secondary N) is 1. The van der Waals surface area contributed by atoms with Crippen molar-refractivity contribution in [2.24, 2.45) is 0 Å². The van der Waals surface area contributed by atoms with E-state index in [1.165, 1.54) is 0 Å². The third-order valence-corrected chi connectivity index (χ3v) is 3.80. The summed E-state index contributed by atoms with van der Waals surface area (Å²) in [7, 11) is -5.08. The maximum absolute atomic E-state index is 10.4. The van der Waals surface area contributed by atoms with Gasteiger partial charge in [0.1, 0.15) is 43.5 Å². The lowest BCUT2D eigenvalue weighted by molar-refractivity contribution is -0.918. The Morgan fingerprint density at radius 3 is 2.40 bits per heavy atom. The van der Waals surface area contributed by atoms with Crippen LogP contribution in [0.1, 0.15) is 0 Å². The molecule has 120 valence electrons. The molecule has 20 heavy (non-hydrogen) atoms. The summed E-state index contributed by atoms with van der Waals surface area (Å²) in [6.45, 7) is -1.55. The maximum Gasteiger partial charge on any atom is 0.218 e. The van der Waals surface area contributed by atoms with Gasteiger partial charge >= 0.3 is 0 Å². The molecule has 0 aromatic carbocycles. The Morgan fingerprint density at radius 2 is 1.95 bits per heavy atom. The predicted molar refractivity (Wildman–Crippen MR) is 61.2 cm³/mol. The Hall–Kier alpha value is -0.370. The van der Waals surface area contributed by atoms with E-state index in [4.69, 9.17) is 10.2 Å². The highest BCUT2D eigenvalue weighted by Crippen LogP contribution is 2.06. The third kappa shape index (κ3) is 4.58. The minimum Gasteiger partial charge on any atom is -0.726 e. The van der Waals surface area contributed by atoms with Crippen LogP contribution < -0.4 is 4.90 Å². The second-order valence-electron chi connectivity index (χ2n) is 4.71. The Labute approximate surface area is 115 Å². The Morgan fingerprint density at radius 1 is 1.35 bits per heavy atom. The van der Waals surface area contributed by atoms with Crippen LogP contribution in [0.4, 0.5) is 0 Å². The van der Waals surface area contributed by atoms with Crippen LogP contribution >= 0.6 is 0 Å². The minimum atomic E-state index is -5.08. The molecule has 0 amide bonds. The highest BCUT2D eigenvalue weighted by molar-refractivity contribution is 7.80. The molecule has 0 radical (unpaired) electrons. The summed E-state index contributed by atoms with van der Waals surface area (Å²) in [5.74, 6) is 0. The molecule has 1 aliphatic rings. The summed E-state index contributed by atoms with van der Waals surface area (Å²) >= 11 is 0. The second kappa shape index (κ2) is 7.06. The number of rotatable bonds is 7. The molecule has 0 aromatic heterocycles. The van der Waals surface area contributed by atoms with E-state index in [9.17, 15) is 28.3 Å². The molecule has 0 saturated carbocycles. The summed E-state index contributed by atoms with van der Waals surface area (Å²) in [5.41, 5.74) is 0. The molecule has 1 rings (SSSR count). The number of quaternary nitrogens is 1. The molecule has 10 nitrogen and oxygen atoms in total. The number of aliphatic hydroxyl groups is 5. The lowest BCUT2D eigenvalue weighted by Gasteiger charge is -2.27. The SMILES string of the molecule is O=S(=O)([O-])OC(CO)[C@H](O)C[NH+]1C[C@H](O)[C@@H](O)[C@H]1CO. The van der Waals surface area contributed by atoms with E-state index in [2.05, 4.69) is 4.18 Å². The molecule has 1 fully saturated rings. The first kappa shape index (κ1) is 17.7. The standard InChI is InChI=1S/C9H19NO9S/c11-3-5-9(15)7(14)2-10(5)1-6(13)8(4-12)19-20(16,17)18/h5-9,11-15H,1-4H2,(H,16,17,18)/t5-,6-,7+,8?,9+/m1/s1. The molecule has 0 aliphatic carbocycles. The van der Waals surface area contributed by atoms with E-state index in [0.717, 1.165) is 0 Å². The Balaban J connectivity index is 2.66. The average Bonchev–Trinajstić information content (AvgIpc) is 2.60. The van der Waals surface area contributed by atoms with Crippen molar-refractivity contribution in [3.05, 3.63) is 0 Å². The van der Waals surface area contributed by atoms with Crippen molar-refractivity contribution >= 4 is 10.4 Å². The van der Waals surface area contributed by atoms with E-state index in [1.54, 1.807) is 0 Å². The van der Waals surface area contributed by atoms with Gasteiger partial charge in [-0.15, -0.1) is 0 Å². The van der Waals surface area contributed by atoms with Crippen molar-refractivity contribution in [1.29, 1.82) is 0 Å². The Bertz CT molecular complexity index is 402. The zero-order valence-electron chi connectivity index (χ0n) is 10.5. The van der Waals surface area contributed by atoms with Crippen LogP contribution in [0.25, 0.3) is 0 Å². The van der Waals surface area contributed by atoms with Gasteiger partial charge in [-0.05, 0) is 0 Å². The van der Waals surface area contributed by atoms with Crippen molar-refractivity contribution in [3.8, 4) is 0 Å². The van der Waals surface area contributed by atoms with Crippen LogP contribution in [-0.4, -0.2) is 95.3 Å². The monoisotopic (exact) mass is 317 g/mol. The summed E-state index contributed by atoms with van der Waals surface area (Å²) in [5, 5.41) is 46.9. The van der Waals surface area contributed by atoms with Gasteiger partial charge in [0.2, 0.25) is 10.4 Å². The fraction of sp³-hybridized carbons (Fsp3) is 1.00. The molecule has 1 saturated heterocycles. The number of likely N-dealkylation sites (tertiary alicyclic amines) is 1. The fourth-order valence-corrected chi connectivity index (χ4v) is 2.78. The molecule has 11 heteroatoms. The van der Waals surface area contributed by atoms with Crippen LogP contribution in [0.2, 0.25) is 0 Å². The van der Waals surface area contributed by atoms with Gasteiger partial charge in [-0.3, -0.25) is 4.18 Å².